The largest absolute Gasteiger partial charge is 0.497 e. The van der Waals surface area contributed by atoms with E-state index in [-0.39, 0.29) is 10.8 Å². The van der Waals surface area contributed by atoms with Crippen molar-refractivity contribution < 1.29 is 19.1 Å². The Morgan fingerprint density at radius 2 is 1.93 bits per heavy atom. The predicted octanol–water partition coefficient (Wildman–Crippen LogP) is 3.65. The number of carbonyl (C=O) groups excluding carboxylic acids is 3. The molecule has 3 rings (SSSR count). The Morgan fingerprint density at radius 1 is 1.19 bits per heavy atom. The number of nitrogens with zero attached hydrogens (tertiary/aromatic N) is 1. The molecule has 3 amide bonds. The fraction of sp³-hybridized carbons (Fsp3) is 0.211. The molecule has 1 fully saturated rings. The highest BCUT2D eigenvalue weighted by Crippen LogP contribution is 2.35. The zero-order valence-electron chi connectivity index (χ0n) is 14.6. The van der Waals surface area contributed by atoms with Crippen LogP contribution in [0.4, 0.5) is 4.79 Å². The molecule has 0 radical (unpaired) electrons. The number of halogens is 2. The lowest BCUT2D eigenvalue weighted by Gasteiger charge is -2.23. The van der Waals surface area contributed by atoms with Crippen molar-refractivity contribution in [1.82, 2.24) is 10.2 Å². The van der Waals surface area contributed by atoms with Crippen molar-refractivity contribution in [2.75, 3.05) is 13.7 Å². The van der Waals surface area contributed by atoms with E-state index in [1.165, 1.54) is 13.2 Å². The molecule has 27 heavy (non-hydrogen) atoms. The van der Waals surface area contributed by atoms with Gasteiger partial charge in [-0.3, -0.25) is 14.5 Å². The van der Waals surface area contributed by atoms with Crippen molar-refractivity contribution in [2.24, 2.45) is 0 Å². The van der Waals surface area contributed by atoms with Gasteiger partial charge in [-0.1, -0.05) is 41.4 Å². The number of Topliss-reactive ketones (excluding diaryl/α,β-unsaturated/α-hetero) is 1. The molecule has 0 spiro atoms. The summed E-state index contributed by atoms with van der Waals surface area (Å²) in [6.07, 6.45) is 0. The maximum Gasteiger partial charge on any atom is 0.325 e. The van der Waals surface area contributed by atoms with Crippen LogP contribution in [-0.2, 0) is 10.3 Å². The van der Waals surface area contributed by atoms with Gasteiger partial charge in [-0.25, -0.2) is 4.79 Å². The zero-order chi connectivity index (χ0) is 19.8. The van der Waals surface area contributed by atoms with Gasteiger partial charge in [-0.15, -0.1) is 0 Å². The summed E-state index contributed by atoms with van der Waals surface area (Å²) in [5.74, 6) is -0.437. The van der Waals surface area contributed by atoms with Crippen LogP contribution in [0.3, 0.4) is 0 Å². The average molecular weight is 407 g/mol. The van der Waals surface area contributed by atoms with Gasteiger partial charge in [0.05, 0.1) is 13.7 Å². The minimum atomic E-state index is -1.38. The molecule has 8 heteroatoms. The average Bonchev–Trinajstić information content (AvgIpc) is 2.85. The number of imide groups is 1. The molecule has 1 heterocycles. The number of rotatable bonds is 5. The van der Waals surface area contributed by atoms with Gasteiger partial charge in [0.25, 0.3) is 5.91 Å². The second kappa shape index (κ2) is 7.21. The van der Waals surface area contributed by atoms with E-state index in [9.17, 15) is 14.4 Å². The third-order valence-electron chi connectivity index (χ3n) is 4.44. The van der Waals surface area contributed by atoms with Gasteiger partial charge in [0.1, 0.15) is 11.3 Å². The summed E-state index contributed by atoms with van der Waals surface area (Å²) in [6.45, 7) is 1.15. The number of urea groups is 1. The van der Waals surface area contributed by atoms with Crippen LogP contribution in [0.1, 0.15) is 22.8 Å². The minimum Gasteiger partial charge on any atom is -0.497 e. The van der Waals surface area contributed by atoms with Crippen molar-refractivity contribution >= 4 is 40.9 Å². The number of carbonyl (C=O) groups is 3. The Labute approximate surface area is 166 Å². The molecular weight excluding hydrogens is 391 g/mol. The number of ether oxygens (including phenoxy) is 1. The van der Waals surface area contributed by atoms with Crippen LogP contribution >= 0.6 is 23.2 Å². The van der Waals surface area contributed by atoms with Gasteiger partial charge >= 0.3 is 6.03 Å². The zero-order valence-corrected chi connectivity index (χ0v) is 16.1. The molecule has 0 aromatic heterocycles. The Balaban J connectivity index is 1.86. The fourth-order valence-electron chi connectivity index (χ4n) is 2.95. The van der Waals surface area contributed by atoms with Crippen LogP contribution in [0.25, 0.3) is 0 Å². The lowest BCUT2D eigenvalue weighted by atomic mass is 9.92. The van der Waals surface area contributed by atoms with Crippen LogP contribution in [-0.4, -0.2) is 36.3 Å². The number of hydrogen-bond acceptors (Lipinski definition) is 4. The summed E-state index contributed by atoms with van der Waals surface area (Å²) in [5, 5.41) is 3.28. The van der Waals surface area contributed by atoms with E-state index >= 15 is 0 Å². The summed E-state index contributed by atoms with van der Waals surface area (Å²) in [7, 11) is 1.49. The Bertz CT molecular complexity index is 947. The van der Waals surface area contributed by atoms with Gasteiger partial charge in [0.15, 0.2) is 5.78 Å². The third-order valence-corrected chi connectivity index (χ3v) is 4.99. The molecular formula is C19H16Cl2N2O4. The first-order valence-corrected chi connectivity index (χ1v) is 8.79. The molecule has 140 valence electrons. The van der Waals surface area contributed by atoms with Gasteiger partial charge in [-0.05, 0) is 31.2 Å². The quantitative estimate of drug-likeness (QED) is 0.607. The number of hydrogen-bond donors (Lipinski definition) is 1. The first-order chi connectivity index (χ1) is 12.8. The number of amides is 3. The molecule has 6 nitrogen and oxygen atoms in total. The van der Waals surface area contributed by atoms with Gasteiger partial charge in [0, 0.05) is 21.2 Å². The monoisotopic (exact) mass is 406 g/mol. The molecule has 1 unspecified atom stereocenters. The van der Waals surface area contributed by atoms with E-state index in [4.69, 9.17) is 27.9 Å². The van der Waals surface area contributed by atoms with Crippen molar-refractivity contribution in [2.45, 2.75) is 12.5 Å². The van der Waals surface area contributed by atoms with E-state index < -0.39 is 24.0 Å². The lowest BCUT2D eigenvalue weighted by molar-refractivity contribution is -0.130. The second-order valence-electron chi connectivity index (χ2n) is 6.23. The predicted molar refractivity (Wildman–Crippen MR) is 101 cm³/mol. The van der Waals surface area contributed by atoms with E-state index in [0.717, 1.165) is 4.90 Å². The van der Waals surface area contributed by atoms with Gasteiger partial charge in [0.2, 0.25) is 0 Å². The Hall–Kier alpha value is -2.57. The number of methoxy groups -OCH3 is 1. The van der Waals surface area contributed by atoms with E-state index in [0.29, 0.717) is 21.9 Å². The highest BCUT2D eigenvalue weighted by atomic mass is 35.5. The van der Waals surface area contributed by atoms with Crippen LogP contribution < -0.4 is 10.1 Å². The molecule has 0 saturated carbocycles. The maximum absolute atomic E-state index is 12.9. The highest BCUT2D eigenvalue weighted by Gasteiger charge is 2.50. The summed E-state index contributed by atoms with van der Waals surface area (Å²) in [4.78, 5) is 38.8. The number of ketones is 1. The third kappa shape index (κ3) is 3.50. The molecule has 1 N–H and O–H groups in total. The SMILES string of the molecule is COc1cccc(C(=O)CN2C(=O)NC(C)(c3ccc(Cl)cc3Cl)C2=O)c1. The van der Waals surface area contributed by atoms with E-state index in [1.54, 1.807) is 43.3 Å². The normalized spacial score (nSPS) is 19.2. The lowest BCUT2D eigenvalue weighted by Crippen LogP contribution is -2.41. The molecule has 0 bridgehead atoms. The van der Waals surface area contributed by atoms with E-state index in [2.05, 4.69) is 5.32 Å². The van der Waals surface area contributed by atoms with Crippen molar-refractivity contribution in [3.63, 3.8) is 0 Å². The van der Waals surface area contributed by atoms with Crippen molar-refractivity contribution in [3.8, 4) is 5.75 Å². The molecule has 1 saturated heterocycles. The molecule has 1 aliphatic rings. The molecule has 0 aliphatic carbocycles. The first kappa shape index (κ1) is 19.2. The molecule has 1 aliphatic heterocycles. The van der Waals surface area contributed by atoms with Gasteiger partial charge < -0.3 is 10.1 Å². The standard InChI is InChI=1S/C19H16Cl2N2O4/c1-19(14-7-6-12(20)9-15(14)21)17(25)23(18(26)22-19)10-16(24)11-4-3-5-13(8-11)27-2/h3-9H,10H2,1-2H3,(H,22,26). The van der Waals surface area contributed by atoms with Crippen molar-refractivity contribution in [1.29, 1.82) is 0 Å². The first-order valence-electron chi connectivity index (χ1n) is 8.03. The topological polar surface area (TPSA) is 75.7 Å². The summed E-state index contributed by atoms with van der Waals surface area (Å²) in [6, 6.07) is 10.5. The smallest absolute Gasteiger partial charge is 0.325 e. The fourth-order valence-corrected chi connectivity index (χ4v) is 3.55. The van der Waals surface area contributed by atoms with Gasteiger partial charge in [-0.2, -0.15) is 0 Å². The summed E-state index contributed by atoms with van der Waals surface area (Å²) in [5.41, 5.74) is -0.635. The highest BCUT2D eigenvalue weighted by molar-refractivity contribution is 6.35. The van der Waals surface area contributed by atoms with Crippen LogP contribution in [0.2, 0.25) is 10.0 Å². The van der Waals surface area contributed by atoms with Crippen LogP contribution in [0.15, 0.2) is 42.5 Å². The van der Waals surface area contributed by atoms with Crippen molar-refractivity contribution in [3.05, 3.63) is 63.6 Å². The number of nitrogens with one attached hydrogen (secondary N) is 1. The second-order valence-corrected chi connectivity index (χ2v) is 7.07. The molecule has 2 aromatic rings. The summed E-state index contributed by atoms with van der Waals surface area (Å²) >= 11 is 12.1. The van der Waals surface area contributed by atoms with Crippen LogP contribution in [0.5, 0.6) is 5.75 Å². The summed E-state index contributed by atoms with van der Waals surface area (Å²) < 4.78 is 5.09. The Kier molecular flexibility index (Phi) is 5.13. The molecule has 1 atom stereocenters. The molecule has 2 aromatic carbocycles. The van der Waals surface area contributed by atoms with Crippen LogP contribution in [0, 0.1) is 0 Å². The van der Waals surface area contributed by atoms with E-state index in [1.807, 2.05) is 0 Å². The number of benzene rings is 2. The minimum absolute atomic E-state index is 0.250. The Morgan fingerprint density at radius 3 is 2.59 bits per heavy atom. The maximum atomic E-state index is 12.9.